The quantitative estimate of drug-likeness (QED) is 0.665. The number of carbonyl (C=O) groups is 1. The van der Waals surface area contributed by atoms with Gasteiger partial charge in [-0.2, -0.15) is 0 Å². The molecule has 1 aliphatic rings. The standard InChI is InChI=1S/C22H18N4O/c1-4-15-10-11-18-17(12-15)20(16-8-6-5-7-9-16)23-13-19-21(22(27)25(2)3)24-14-26(18)19/h1,5-12,14H,13H2,2-3H3. The number of terminal acetylenes is 1. The average Bonchev–Trinajstić information content (AvgIpc) is 3.04. The van der Waals surface area contributed by atoms with Crippen LogP contribution in [0.4, 0.5) is 0 Å². The summed E-state index contributed by atoms with van der Waals surface area (Å²) in [5, 5.41) is 0. The molecule has 2 heterocycles. The van der Waals surface area contributed by atoms with Gasteiger partial charge < -0.3 is 4.90 Å². The highest BCUT2D eigenvalue weighted by Crippen LogP contribution is 2.27. The van der Waals surface area contributed by atoms with E-state index in [-0.39, 0.29) is 5.91 Å². The number of nitrogens with zero attached hydrogens (tertiary/aromatic N) is 4. The number of aromatic nitrogens is 2. The third kappa shape index (κ3) is 2.81. The maximum Gasteiger partial charge on any atom is 0.273 e. The van der Waals surface area contributed by atoms with E-state index in [0.717, 1.165) is 33.8 Å². The fraction of sp³-hybridized carbons (Fsp3) is 0.136. The van der Waals surface area contributed by atoms with Crippen LogP contribution in [0.3, 0.4) is 0 Å². The molecule has 5 heteroatoms. The lowest BCUT2D eigenvalue weighted by molar-refractivity contribution is 0.0821. The van der Waals surface area contributed by atoms with Gasteiger partial charge in [0.05, 0.1) is 23.6 Å². The molecule has 0 radical (unpaired) electrons. The van der Waals surface area contributed by atoms with Crippen molar-refractivity contribution in [1.29, 1.82) is 0 Å². The Bertz CT molecular complexity index is 1100. The minimum Gasteiger partial charge on any atom is -0.343 e. The van der Waals surface area contributed by atoms with Crippen LogP contribution < -0.4 is 0 Å². The van der Waals surface area contributed by atoms with Gasteiger partial charge in [-0.05, 0) is 18.2 Å². The Labute approximate surface area is 158 Å². The Kier molecular flexibility index (Phi) is 4.09. The average molecular weight is 354 g/mol. The summed E-state index contributed by atoms with van der Waals surface area (Å²) in [6.45, 7) is 0.360. The van der Waals surface area contributed by atoms with Gasteiger partial charge in [-0.1, -0.05) is 36.3 Å². The lowest BCUT2D eigenvalue weighted by atomic mass is 9.98. The fourth-order valence-corrected chi connectivity index (χ4v) is 3.23. The van der Waals surface area contributed by atoms with Gasteiger partial charge in [0, 0.05) is 30.8 Å². The molecule has 0 bridgehead atoms. The highest BCUT2D eigenvalue weighted by atomic mass is 16.2. The number of amides is 1. The zero-order valence-electron chi connectivity index (χ0n) is 15.2. The second-order valence-corrected chi connectivity index (χ2v) is 6.52. The number of benzene rings is 2. The molecule has 0 aliphatic carbocycles. The summed E-state index contributed by atoms with van der Waals surface area (Å²) in [6, 6.07) is 15.8. The van der Waals surface area contributed by atoms with Crippen LogP contribution in [0, 0.1) is 12.3 Å². The predicted molar refractivity (Wildman–Crippen MR) is 105 cm³/mol. The predicted octanol–water partition coefficient (Wildman–Crippen LogP) is 2.91. The zero-order chi connectivity index (χ0) is 19.0. The largest absolute Gasteiger partial charge is 0.343 e. The SMILES string of the molecule is C#Cc1ccc2c(c1)C(c1ccccc1)=NCc1c(C(=O)N(C)C)ncn1-2. The van der Waals surface area contributed by atoms with Gasteiger partial charge in [0.2, 0.25) is 0 Å². The molecule has 1 amide bonds. The van der Waals surface area contributed by atoms with E-state index >= 15 is 0 Å². The molecule has 132 valence electrons. The number of rotatable bonds is 2. The Morgan fingerprint density at radius 3 is 2.67 bits per heavy atom. The summed E-state index contributed by atoms with van der Waals surface area (Å²) in [5.41, 5.74) is 5.68. The van der Waals surface area contributed by atoms with Gasteiger partial charge in [-0.15, -0.1) is 6.42 Å². The molecular formula is C22H18N4O. The first-order valence-electron chi connectivity index (χ1n) is 8.59. The normalized spacial score (nSPS) is 12.3. The molecule has 3 aromatic rings. The topological polar surface area (TPSA) is 50.5 Å². The molecule has 0 spiro atoms. The van der Waals surface area contributed by atoms with Crippen molar-refractivity contribution in [2.45, 2.75) is 6.54 Å². The first-order valence-corrected chi connectivity index (χ1v) is 8.59. The van der Waals surface area contributed by atoms with Gasteiger partial charge in [-0.25, -0.2) is 4.98 Å². The number of hydrogen-bond acceptors (Lipinski definition) is 3. The first kappa shape index (κ1) is 16.8. The van der Waals surface area contributed by atoms with Gasteiger partial charge in [0.15, 0.2) is 5.69 Å². The van der Waals surface area contributed by atoms with E-state index in [9.17, 15) is 4.79 Å². The molecule has 5 nitrogen and oxygen atoms in total. The smallest absolute Gasteiger partial charge is 0.273 e. The monoisotopic (exact) mass is 354 g/mol. The highest BCUT2D eigenvalue weighted by molar-refractivity contribution is 6.15. The summed E-state index contributed by atoms with van der Waals surface area (Å²) in [6.07, 6.45) is 7.30. The van der Waals surface area contributed by atoms with Gasteiger partial charge >= 0.3 is 0 Å². The Morgan fingerprint density at radius 2 is 1.96 bits per heavy atom. The number of aliphatic imine (C=N–C) groups is 1. The molecule has 4 rings (SSSR count). The molecule has 1 aromatic heterocycles. The second-order valence-electron chi connectivity index (χ2n) is 6.52. The van der Waals surface area contributed by atoms with Crippen molar-refractivity contribution in [2.75, 3.05) is 14.1 Å². The zero-order valence-corrected chi connectivity index (χ0v) is 15.2. The van der Waals surface area contributed by atoms with Crippen molar-refractivity contribution < 1.29 is 4.79 Å². The van der Waals surface area contributed by atoms with Crippen LogP contribution in [0.25, 0.3) is 5.69 Å². The Hall–Kier alpha value is -3.65. The number of fused-ring (bicyclic) bond motifs is 3. The number of hydrogen-bond donors (Lipinski definition) is 0. The third-order valence-corrected chi connectivity index (χ3v) is 4.59. The minimum absolute atomic E-state index is 0.135. The minimum atomic E-state index is -0.135. The van der Waals surface area contributed by atoms with E-state index < -0.39 is 0 Å². The van der Waals surface area contributed by atoms with E-state index in [1.54, 1.807) is 20.4 Å². The Morgan fingerprint density at radius 1 is 1.19 bits per heavy atom. The van der Waals surface area contributed by atoms with Crippen LogP contribution in [0.1, 0.15) is 32.9 Å². The van der Waals surface area contributed by atoms with Gasteiger partial charge in [0.25, 0.3) is 5.91 Å². The van der Waals surface area contributed by atoms with E-state index in [1.165, 1.54) is 4.90 Å². The molecule has 1 aliphatic heterocycles. The van der Waals surface area contributed by atoms with Gasteiger partial charge in [-0.3, -0.25) is 14.4 Å². The number of imidazole rings is 1. The summed E-state index contributed by atoms with van der Waals surface area (Å²) >= 11 is 0. The fourth-order valence-electron chi connectivity index (χ4n) is 3.23. The number of carbonyl (C=O) groups excluding carboxylic acids is 1. The third-order valence-electron chi connectivity index (χ3n) is 4.59. The molecule has 27 heavy (non-hydrogen) atoms. The van der Waals surface area contributed by atoms with Crippen LogP contribution in [0.15, 0.2) is 59.9 Å². The van der Waals surface area contributed by atoms with E-state index in [1.807, 2.05) is 53.1 Å². The molecular weight excluding hydrogens is 336 g/mol. The van der Waals surface area contributed by atoms with Crippen molar-refractivity contribution in [1.82, 2.24) is 14.5 Å². The maximum absolute atomic E-state index is 12.5. The molecule has 0 unspecified atom stereocenters. The molecule has 2 aromatic carbocycles. The lowest BCUT2D eigenvalue weighted by Gasteiger charge is -2.13. The summed E-state index contributed by atoms with van der Waals surface area (Å²) in [5.74, 6) is 2.56. The van der Waals surface area contributed by atoms with E-state index in [2.05, 4.69) is 10.9 Å². The second kappa shape index (κ2) is 6.58. The maximum atomic E-state index is 12.5. The van der Waals surface area contributed by atoms with Gasteiger partial charge in [0.1, 0.15) is 6.33 Å². The molecule has 0 fully saturated rings. The van der Waals surface area contributed by atoms with E-state index in [4.69, 9.17) is 11.4 Å². The van der Waals surface area contributed by atoms with Crippen molar-refractivity contribution in [2.24, 2.45) is 4.99 Å². The summed E-state index contributed by atoms with van der Waals surface area (Å²) in [7, 11) is 3.44. The van der Waals surface area contributed by atoms with Crippen molar-refractivity contribution >= 4 is 11.6 Å². The van der Waals surface area contributed by atoms with Crippen molar-refractivity contribution in [3.05, 3.63) is 82.9 Å². The molecule has 0 saturated carbocycles. The first-order chi connectivity index (χ1) is 13.1. The van der Waals surface area contributed by atoms with E-state index in [0.29, 0.717) is 12.2 Å². The van der Waals surface area contributed by atoms with Crippen LogP contribution in [-0.2, 0) is 6.54 Å². The molecule has 0 atom stereocenters. The lowest BCUT2D eigenvalue weighted by Crippen LogP contribution is -2.23. The van der Waals surface area contributed by atoms with Crippen LogP contribution in [0.2, 0.25) is 0 Å². The summed E-state index contributed by atoms with van der Waals surface area (Å²) < 4.78 is 1.94. The van der Waals surface area contributed by atoms with Crippen LogP contribution in [0.5, 0.6) is 0 Å². The molecule has 0 N–H and O–H groups in total. The highest BCUT2D eigenvalue weighted by Gasteiger charge is 2.25. The van der Waals surface area contributed by atoms with Crippen LogP contribution >= 0.6 is 0 Å². The van der Waals surface area contributed by atoms with Crippen molar-refractivity contribution in [3.63, 3.8) is 0 Å². The summed E-state index contributed by atoms with van der Waals surface area (Å²) in [4.78, 5) is 23.3. The van der Waals surface area contributed by atoms with Crippen molar-refractivity contribution in [3.8, 4) is 18.0 Å². The molecule has 0 saturated heterocycles. The Balaban J connectivity index is 1.97. The van der Waals surface area contributed by atoms with Crippen LogP contribution in [-0.4, -0.2) is 40.2 Å².